The summed E-state index contributed by atoms with van der Waals surface area (Å²) in [4.78, 5) is 0. The summed E-state index contributed by atoms with van der Waals surface area (Å²) in [5, 5.41) is 6.67. The molecule has 122 valence electrons. The average molecular weight is 318 g/mol. The Hall–Kier alpha value is -1.98. The zero-order chi connectivity index (χ0) is 16.1. The van der Waals surface area contributed by atoms with Crippen molar-refractivity contribution >= 4 is 0 Å². The highest BCUT2D eigenvalue weighted by Gasteiger charge is 2.15. The van der Waals surface area contributed by atoms with Crippen LogP contribution in [0.2, 0.25) is 0 Å². The molecule has 0 amide bonds. The number of hydrogen-bond acceptors (Lipinski definition) is 3. The summed E-state index contributed by atoms with van der Waals surface area (Å²) >= 11 is 0. The summed E-state index contributed by atoms with van der Waals surface area (Å²) < 4.78 is 32.1. The minimum Gasteiger partial charge on any atom is -0.489 e. The predicted molar refractivity (Wildman–Crippen MR) is 85.2 cm³/mol. The van der Waals surface area contributed by atoms with Crippen LogP contribution in [-0.2, 0) is 13.2 Å². The number of nitrogens with one attached hydrogen (secondary N) is 2. The monoisotopic (exact) mass is 318 g/mol. The first kappa shape index (κ1) is 15.9. The van der Waals surface area contributed by atoms with Crippen LogP contribution in [0, 0.1) is 17.6 Å². The molecule has 0 aromatic heterocycles. The second kappa shape index (κ2) is 7.53. The number of benzene rings is 2. The Bertz CT molecular complexity index is 659. The molecule has 2 aromatic rings. The molecule has 0 bridgehead atoms. The first-order valence-electron chi connectivity index (χ1n) is 7.78. The van der Waals surface area contributed by atoms with E-state index in [9.17, 15) is 8.78 Å². The van der Waals surface area contributed by atoms with Crippen molar-refractivity contribution in [1.82, 2.24) is 10.6 Å². The van der Waals surface area contributed by atoms with Gasteiger partial charge in [0, 0.05) is 37.8 Å². The molecule has 3 rings (SSSR count). The molecule has 0 saturated carbocycles. The van der Waals surface area contributed by atoms with Crippen LogP contribution in [0.3, 0.4) is 0 Å². The van der Waals surface area contributed by atoms with E-state index in [4.69, 9.17) is 4.74 Å². The molecule has 0 unspecified atom stereocenters. The quantitative estimate of drug-likeness (QED) is 0.823. The Balaban J connectivity index is 1.52. The molecule has 23 heavy (non-hydrogen) atoms. The van der Waals surface area contributed by atoms with Crippen molar-refractivity contribution < 1.29 is 13.5 Å². The van der Waals surface area contributed by atoms with Crippen molar-refractivity contribution in [3.05, 3.63) is 65.2 Å². The second-order valence-electron chi connectivity index (χ2n) is 5.83. The lowest BCUT2D eigenvalue weighted by atomic mass is 10.0. The Morgan fingerprint density at radius 2 is 2.00 bits per heavy atom. The first-order chi connectivity index (χ1) is 11.2. The van der Waals surface area contributed by atoms with E-state index in [2.05, 4.69) is 10.6 Å². The van der Waals surface area contributed by atoms with Gasteiger partial charge >= 0.3 is 0 Å². The molecule has 3 nitrogen and oxygen atoms in total. The fourth-order valence-electron chi connectivity index (χ4n) is 2.46. The van der Waals surface area contributed by atoms with Gasteiger partial charge < -0.3 is 15.4 Å². The van der Waals surface area contributed by atoms with Gasteiger partial charge in [-0.3, -0.25) is 0 Å². The lowest BCUT2D eigenvalue weighted by Crippen LogP contribution is -2.47. The molecule has 1 fully saturated rings. The molecular weight excluding hydrogens is 298 g/mol. The van der Waals surface area contributed by atoms with Crippen LogP contribution >= 0.6 is 0 Å². The van der Waals surface area contributed by atoms with Crippen LogP contribution in [0.4, 0.5) is 8.78 Å². The zero-order valence-electron chi connectivity index (χ0n) is 12.8. The minimum atomic E-state index is -0.586. The van der Waals surface area contributed by atoms with Gasteiger partial charge in [0.15, 0.2) is 0 Å². The van der Waals surface area contributed by atoms with Gasteiger partial charge in [0.25, 0.3) is 0 Å². The Kier molecular flexibility index (Phi) is 5.20. The van der Waals surface area contributed by atoms with Crippen molar-refractivity contribution in [2.24, 2.45) is 5.92 Å². The summed E-state index contributed by atoms with van der Waals surface area (Å²) in [7, 11) is 0. The lowest BCUT2D eigenvalue weighted by Gasteiger charge is -2.27. The molecule has 2 aromatic carbocycles. The maximum absolute atomic E-state index is 13.6. The van der Waals surface area contributed by atoms with Crippen LogP contribution in [0.25, 0.3) is 0 Å². The normalized spacial score (nSPS) is 14.5. The van der Waals surface area contributed by atoms with Gasteiger partial charge in [0.1, 0.15) is 24.0 Å². The molecule has 0 aliphatic carbocycles. The number of rotatable bonds is 7. The number of halogens is 2. The van der Waals surface area contributed by atoms with Crippen LogP contribution < -0.4 is 15.4 Å². The van der Waals surface area contributed by atoms with Gasteiger partial charge in [0.05, 0.1) is 0 Å². The van der Waals surface area contributed by atoms with Crippen molar-refractivity contribution in [3.8, 4) is 5.75 Å². The van der Waals surface area contributed by atoms with Crippen molar-refractivity contribution in [3.63, 3.8) is 0 Å². The van der Waals surface area contributed by atoms with E-state index < -0.39 is 11.6 Å². The van der Waals surface area contributed by atoms with Gasteiger partial charge in [-0.25, -0.2) is 8.78 Å². The zero-order valence-corrected chi connectivity index (χ0v) is 12.8. The number of ether oxygens (including phenoxy) is 1. The van der Waals surface area contributed by atoms with E-state index in [1.807, 2.05) is 24.3 Å². The van der Waals surface area contributed by atoms with Crippen molar-refractivity contribution in [1.29, 1.82) is 0 Å². The van der Waals surface area contributed by atoms with Gasteiger partial charge in [-0.2, -0.15) is 0 Å². The van der Waals surface area contributed by atoms with E-state index >= 15 is 0 Å². The van der Waals surface area contributed by atoms with E-state index in [1.54, 1.807) is 0 Å². The summed E-state index contributed by atoms with van der Waals surface area (Å²) in [6.07, 6.45) is 0. The Morgan fingerprint density at radius 1 is 1.13 bits per heavy atom. The molecule has 5 heteroatoms. The highest BCUT2D eigenvalue weighted by atomic mass is 19.1. The van der Waals surface area contributed by atoms with Gasteiger partial charge in [-0.05, 0) is 35.7 Å². The molecule has 0 spiro atoms. The molecule has 0 radical (unpaired) electrons. The van der Waals surface area contributed by atoms with E-state index in [0.717, 1.165) is 43.7 Å². The SMILES string of the molecule is Fc1ccc(COc2cccc(CNCC3CNC3)c2)c(F)c1. The maximum Gasteiger partial charge on any atom is 0.132 e. The van der Waals surface area contributed by atoms with Crippen LogP contribution in [-0.4, -0.2) is 19.6 Å². The molecule has 2 N–H and O–H groups in total. The summed E-state index contributed by atoms with van der Waals surface area (Å²) in [5.74, 6) is 0.229. The summed E-state index contributed by atoms with van der Waals surface area (Å²) in [6, 6.07) is 11.2. The van der Waals surface area contributed by atoms with Crippen molar-refractivity contribution in [2.45, 2.75) is 13.2 Å². The molecule has 1 aliphatic heterocycles. The van der Waals surface area contributed by atoms with Crippen LogP contribution in [0.5, 0.6) is 5.75 Å². The highest BCUT2D eigenvalue weighted by molar-refractivity contribution is 5.29. The predicted octanol–water partition coefficient (Wildman–Crippen LogP) is 2.85. The molecule has 1 aliphatic rings. The largest absolute Gasteiger partial charge is 0.489 e. The third-order valence-corrected chi connectivity index (χ3v) is 3.94. The Morgan fingerprint density at radius 3 is 2.74 bits per heavy atom. The topological polar surface area (TPSA) is 33.3 Å². The van der Waals surface area contributed by atoms with Gasteiger partial charge in [0.2, 0.25) is 0 Å². The lowest BCUT2D eigenvalue weighted by molar-refractivity contribution is 0.299. The van der Waals surface area contributed by atoms with Crippen molar-refractivity contribution in [2.75, 3.05) is 19.6 Å². The third-order valence-electron chi connectivity index (χ3n) is 3.94. The van der Waals surface area contributed by atoms with Crippen LogP contribution in [0.15, 0.2) is 42.5 Å². The number of hydrogen-bond donors (Lipinski definition) is 2. The highest BCUT2D eigenvalue weighted by Crippen LogP contribution is 2.17. The molecule has 1 heterocycles. The molecular formula is C18H20F2N2O. The van der Waals surface area contributed by atoms with E-state index in [1.165, 1.54) is 12.1 Å². The summed E-state index contributed by atoms with van der Waals surface area (Å²) in [6.45, 7) is 4.02. The van der Waals surface area contributed by atoms with E-state index in [-0.39, 0.29) is 6.61 Å². The third kappa shape index (κ3) is 4.50. The van der Waals surface area contributed by atoms with Gasteiger partial charge in [-0.1, -0.05) is 12.1 Å². The van der Waals surface area contributed by atoms with Crippen LogP contribution in [0.1, 0.15) is 11.1 Å². The first-order valence-corrected chi connectivity index (χ1v) is 7.78. The fourth-order valence-corrected chi connectivity index (χ4v) is 2.46. The standard InChI is InChI=1S/C18H20F2N2O/c19-16-5-4-15(18(20)7-16)12-23-17-3-1-2-13(6-17)8-21-9-14-10-22-11-14/h1-7,14,21-22H,8-12H2. The second-order valence-corrected chi connectivity index (χ2v) is 5.83. The smallest absolute Gasteiger partial charge is 0.132 e. The Labute approximate surface area is 134 Å². The summed E-state index contributed by atoms with van der Waals surface area (Å²) in [5.41, 5.74) is 1.46. The van der Waals surface area contributed by atoms with E-state index in [0.29, 0.717) is 11.3 Å². The molecule has 0 atom stereocenters. The van der Waals surface area contributed by atoms with Gasteiger partial charge in [-0.15, -0.1) is 0 Å². The maximum atomic E-state index is 13.6. The average Bonchev–Trinajstić information content (AvgIpc) is 2.49. The molecule has 1 saturated heterocycles. The minimum absolute atomic E-state index is 0.0801. The fraction of sp³-hybridized carbons (Fsp3) is 0.333.